The van der Waals surface area contributed by atoms with Crippen LogP contribution < -0.4 is 5.73 Å². The van der Waals surface area contributed by atoms with Gasteiger partial charge in [0.2, 0.25) is 0 Å². The number of nitrogens with two attached hydrogens (primary N) is 1. The number of amides is 1. The second kappa shape index (κ2) is 6.12. The van der Waals surface area contributed by atoms with E-state index in [1.165, 1.54) is 11.3 Å². The maximum Gasteiger partial charge on any atom is 0.264 e. The highest BCUT2D eigenvalue weighted by molar-refractivity contribution is 7.80. The molecule has 0 aliphatic carbocycles. The molecule has 0 saturated heterocycles. The number of thiocarbonyl (C=S) groups is 1. The minimum atomic E-state index is 0.0341. The van der Waals surface area contributed by atoms with Gasteiger partial charge in [-0.3, -0.25) is 4.79 Å². The van der Waals surface area contributed by atoms with Gasteiger partial charge in [0.05, 0.1) is 9.87 Å². The van der Waals surface area contributed by atoms with Crippen molar-refractivity contribution in [2.75, 3.05) is 7.05 Å². The van der Waals surface area contributed by atoms with Gasteiger partial charge in [-0.05, 0) is 30.4 Å². The number of aryl methyl sites for hydroxylation is 1. The summed E-state index contributed by atoms with van der Waals surface area (Å²) in [5.74, 6) is 0.0561. The maximum atomic E-state index is 12.3. The molecular formula is C12H18N2OS2. The van der Waals surface area contributed by atoms with Crippen molar-refractivity contribution in [3.8, 4) is 0 Å². The van der Waals surface area contributed by atoms with Crippen molar-refractivity contribution in [1.29, 1.82) is 0 Å². The van der Waals surface area contributed by atoms with Crippen LogP contribution in [0.1, 0.15) is 35.5 Å². The molecule has 1 atom stereocenters. The van der Waals surface area contributed by atoms with Crippen LogP contribution in [0.4, 0.5) is 0 Å². The molecule has 0 bridgehead atoms. The Balaban J connectivity index is 2.79. The number of hydrogen-bond donors (Lipinski definition) is 1. The first kappa shape index (κ1) is 14.1. The Bertz CT molecular complexity index is 414. The number of carbonyl (C=O) groups excluding carboxylic acids is 1. The zero-order chi connectivity index (χ0) is 13.0. The molecular weight excluding hydrogens is 252 g/mol. The van der Waals surface area contributed by atoms with Crippen LogP contribution in [0, 0.1) is 0 Å². The van der Waals surface area contributed by atoms with Gasteiger partial charge >= 0.3 is 0 Å². The van der Waals surface area contributed by atoms with Gasteiger partial charge in [-0.2, -0.15) is 0 Å². The Kier molecular flexibility index (Phi) is 5.08. The summed E-state index contributed by atoms with van der Waals surface area (Å²) >= 11 is 6.36. The summed E-state index contributed by atoms with van der Waals surface area (Å²) < 4.78 is 0. The van der Waals surface area contributed by atoms with E-state index in [9.17, 15) is 4.79 Å². The minimum Gasteiger partial charge on any atom is -0.393 e. The van der Waals surface area contributed by atoms with Gasteiger partial charge in [-0.15, -0.1) is 11.3 Å². The van der Waals surface area contributed by atoms with Gasteiger partial charge in [-0.25, -0.2) is 0 Å². The monoisotopic (exact) mass is 270 g/mol. The van der Waals surface area contributed by atoms with Gasteiger partial charge < -0.3 is 10.6 Å². The molecule has 94 valence electrons. The molecule has 0 fully saturated rings. The van der Waals surface area contributed by atoms with Crippen LogP contribution in [0.25, 0.3) is 0 Å². The molecule has 1 unspecified atom stereocenters. The fraction of sp³-hybridized carbons (Fsp3) is 0.500. The third kappa shape index (κ3) is 3.51. The Hall–Kier alpha value is -0.940. The fourth-order valence-electron chi connectivity index (χ4n) is 1.59. The maximum absolute atomic E-state index is 12.3. The molecule has 1 heterocycles. The fourth-order valence-corrected chi connectivity index (χ4v) is 2.81. The first-order valence-electron chi connectivity index (χ1n) is 5.59. The average molecular weight is 270 g/mol. The van der Waals surface area contributed by atoms with Crippen LogP contribution in [0.15, 0.2) is 11.4 Å². The third-order valence-corrected chi connectivity index (χ3v) is 3.91. The van der Waals surface area contributed by atoms with Crippen LogP contribution in [-0.2, 0) is 6.42 Å². The normalized spacial score (nSPS) is 12.2. The Morgan fingerprint density at radius 1 is 1.65 bits per heavy atom. The Morgan fingerprint density at radius 2 is 2.29 bits per heavy atom. The highest BCUT2D eigenvalue weighted by atomic mass is 32.1. The lowest BCUT2D eigenvalue weighted by Crippen LogP contribution is -2.37. The molecule has 0 spiro atoms. The lowest BCUT2D eigenvalue weighted by Gasteiger charge is -2.24. The number of nitrogens with zero attached hydrogens (tertiary/aromatic N) is 1. The van der Waals surface area contributed by atoms with Crippen LogP contribution in [-0.4, -0.2) is 28.9 Å². The van der Waals surface area contributed by atoms with Crippen molar-refractivity contribution >= 4 is 34.5 Å². The Labute approximate surface area is 112 Å². The van der Waals surface area contributed by atoms with Crippen LogP contribution in [0.2, 0.25) is 0 Å². The van der Waals surface area contributed by atoms with Crippen LogP contribution in [0.5, 0.6) is 0 Å². The van der Waals surface area contributed by atoms with E-state index in [4.69, 9.17) is 18.0 Å². The third-order valence-electron chi connectivity index (χ3n) is 2.80. The Morgan fingerprint density at radius 3 is 2.82 bits per heavy atom. The summed E-state index contributed by atoms with van der Waals surface area (Å²) in [5.41, 5.74) is 6.61. The molecule has 1 aromatic rings. The molecule has 17 heavy (non-hydrogen) atoms. The van der Waals surface area contributed by atoms with E-state index in [0.29, 0.717) is 11.4 Å². The smallest absolute Gasteiger partial charge is 0.264 e. The predicted molar refractivity (Wildman–Crippen MR) is 76.7 cm³/mol. The molecule has 0 aliphatic rings. The predicted octanol–water partition coefficient (Wildman–Crippen LogP) is 2.45. The molecule has 1 rings (SSSR count). The first-order valence-corrected chi connectivity index (χ1v) is 6.88. The molecule has 1 amide bonds. The van der Waals surface area contributed by atoms with Gasteiger partial charge in [0, 0.05) is 19.5 Å². The number of thiophene rings is 1. The van der Waals surface area contributed by atoms with Crippen LogP contribution in [0.3, 0.4) is 0 Å². The van der Waals surface area contributed by atoms with Crippen molar-refractivity contribution < 1.29 is 4.79 Å². The summed E-state index contributed by atoms with van der Waals surface area (Å²) in [6.45, 7) is 4.01. The molecule has 0 aliphatic heterocycles. The van der Waals surface area contributed by atoms with Crippen molar-refractivity contribution in [3.63, 3.8) is 0 Å². The second-order valence-corrected chi connectivity index (χ2v) is 5.50. The molecule has 0 aromatic carbocycles. The summed E-state index contributed by atoms with van der Waals surface area (Å²) in [4.78, 5) is 15.2. The van der Waals surface area contributed by atoms with Gasteiger partial charge in [0.1, 0.15) is 0 Å². The summed E-state index contributed by atoms with van der Waals surface area (Å²) in [7, 11) is 1.80. The number of carbonyl (C=O) groups is 1. The molecule has 1 aromatic heterocycles. The summed E-state index contributed by atoms with van der Waals surface area (Å²) in [6, 6.07) is 2.04. The standard InChI is InChI=1S/C12H18N2OS2/c1-4-9-5-6-17-11(9)12(15)14(3)8(2)7-10(13)16/h5-6,8H,4,7H2,1-3H3,(H2,13,16). The van der Waals surface area contributed by atoms with E-state index in [0.717, 1.165) is 16.9 Å². The second-order valence-electron chi connectivity index (χ2n) is 4.06. The zero-order valence-electron chi connectivity index (χ0n) is 10.4. The highest BCUT2D eigenvalue weighted by Gasteiger charge is 2.20. The first-order chi connectivity index (χ1) is 7.97. The lowest BCUT2D eigenvalue weighted by atomic mass is 10.1. The quantitative estimate of drug-likeness (QED) is 0.836. The van der Waals surface area contributed by atoms with E-state index in [2.05, 4.69) is 6.92 Å². The van der Waals surface area contributed by atoms with Gasteiger partial charge in [0.15, 0.2) is 0 Å². The largest absolute Gasteiger partial charge is 0.393 e. The van der Waals surface area contributed by atoms with E-state index in [-0.39, 0.29) is 11.9 Å². The minimum absolute atomic E-state index is 0.0341. The average Bonchev–Trinajstić information content (AvgIpc) is 2.73. The molecule has 5 heteroatoms. The highest BCUT2D eigenvalue weighted by Crippen LogP contribution is 2.20. The molecule has 0 saturated carbocycles. The van der Waals surface area contributed by atoms with E-state index < -0.39 is 0 Å². The molecule has 0 radical (unpaired) electrons. The van der Waals surface area contributed by atoms with E-state index >= 15 is 0 Å². The summed E-state index contributed by atoms with van der Waals surface area (Å²) in [6.07, 6.45) is 1.44. The zero-order valence-corrected chi connectivity index (χ0v) is 12.0. The van der Waals surface area contributed by atoms with Gasteiger partial charge in [-0.1, -0.05) is 19.1 Å². The van der Waals surface area contributed by atoms with Crippen molar-refractivity contribution in [3.05, 3.63) is 21.9 Å². The number of hydrogen-bond acceptors (Lipinski definition) is 3. The van der Waals surface area contributed by atoms with E-state index in [1.807, 2.05) is 18.4 Å². The van der Waals surface area contributed by atoms with E-state index in [1.54, 1.807) is 11.9 Å². The van der Waals surface area contributed by atoms with Gasteiger partial charge in [0.25, 0.3) is 5.91 Å². The topological polar surface area (TPSA) is 46.3 Å². The van der Waals surface area contributed by atoms with Crippen molar-refractivity contribution in [2.24, 2.45) is 5.73 Å². The van der Waals surface area contributed by atoms with Crippen molar-refractivity contribution in [2.45, 2.75) is 32.7 Å². The lowest BCUT2D eigenvalue weighted by molar-refractivity contribution is 0.0752. The molecule has 3 nitrogen and oxygen atoms in total. The summed E-state index contributed by atoms with van der Waals surface area (Å²) in [5, 5.41) is 1.96. The molecule has 2 N–H and O–H groups in total. The van der Waals surface area contributed by atoms with Crippen molar-refractivity contribution in [1.82, 2.24) is 4.90 Å². The number of rotatable bonds is 5. The SMILES string of the molecule is CCc1ccsc1C(=O)N(C)C(C)CC(N)=S. The van der Waals surface area contributed by atoms with Crippen LogP contribution >= 0.6 is 23.6 Å².